The van der Waals surface area contributed by atoms with E-state index in [1.807, 2.05) is 23.9 Å². The molecular weight excluding hydrogens is 240 g/mol. The molecule has 0 atom stereocenters. The SMILES string of the molecule is CN(Cc1cc(Cl)cn1C)CC1(CO)COC1. The van der Waals surface area contributed by atoms with Crippen LogP contribution in [0.1, 0.15) is 5.69 Å². The summed E-state index contributed by atoms with van der Waals surface area (Å²) in [4.78, 5) is 2.20. The molecule has 17 heavy (non-hydrogen) atoms. The van der Waals surface area contributed by atoms with Crippen LogP contribution in [0.2, 0.25) is 5.02 Å². The van der Waals surface area contributed by atoms with Gasteiger partial charge in [-0.2, -0.15) is 0 Å². The van der Waals surface area contributed by atoms with Crippen molar-refractivity contribution in [3.8, 4) is 0 Å². The maximum absolute atomic E-state index is 9.38. The molecule has 1 fully saturated rings. The van der Waals surface area contributed by atoms with Crippen LogP contribution in [0.25, 0.3) is 0 Å². The molecular formula is C12H19ClN2O2. The second kappa shape index (κ2) is 4.98. The van der Waals surface area contributed by atoms with Crippen LogP contribution in [0.5, 0.6) is 0 Å². The predicted molar refractivity (Wildman–Crippen MR) is 67.1 cm³/mol. The smallest absolute Gasteiger partial charge is 0.0585 e. The number of aryl methyl sites for hydroxylation is 1. The summed E-state index contributed by atoms with van der Waals surface area (Å²) in [5.41, 5.74) is 1.11. The molecule has 2 rings (SSSR count). The Morgan fingerprint density at radius 1 is 1.59 bits per heavy atom. The Balaban J connectivity index is 1.93. The van der Waals surface area contributed by atoms with E-state index in [9.17, 15) is 5.11 Å². The van der Waals surface area contributed by atoms with Crippen LogP contribution in [0.15, 0.2) is 12.3 Å². The van der Waals surface area contributed by atoms with Gasteiger partial charge in [0, 0.05) is 32.0 Å². The number of ether oxygens (including phenoxy) is 1. The largest absolute Gasteiger partial charge is 0.396 e. The van der Waals surface area contributed by atoms with Crippen LogP contribution in [-0.4, -0.2) is 48.0 Å². The average molecular weight is 259 g/mol. The quantitative estimate of drug-likeness (QED) is 0.860. The van der Waals surface area contributed by atoms with E-state index in [0.29, 0.717) is 13.2 Å². The highest BCUT2D eigenvalue weighted by Crippen LogP contribution is 2.28. The van der Waals surface area contributed by atoms with Crippen molar-refractivity contribution in [1.82, 2.24) is 9.47 Å². The molecule has 4 nitrogen and oxygen atoms in total. The van der Waals surface area contributed by atoms with Gasteiger partial charge in [-0.25, -0.2) is 0 Å². The molecule has 0 saturated carbocycles. The molecule has 1 N–H and O–H groups in total. The van der Waals surface area contributed by atoms with E-state index < -0.39 is 0 Å². The Morgan fingerprint density at radius 2 is 2.29 bits per heavy atom. The number of hydrogen-bond donors (Lipinski definition) is 1. The maximum Gasteiger partial charge on any atom is 0.0585 e. The van der Waals surface area contributed by atoms with E-state index in [1.165, 1.54) is 5.69 Å². The Morgan fingerprint density at radius 3 is 2.71 bits per heavy atom. The van der Waals surface area contributed by atoms with Crippen molar-refractivity contribution in [1.29, 1.82) is 0 Å². The van der Waals surface area contributed by atoms with E-state index in [-0.39, 0.29) is 12.0 Å². The van der Waals surface area contributed by atoms with E-state index in [4.69, 9.17) is 16.3 Å². The number of aliphatic hydroxyl groups excluding tert-OH is 1. The first-order valence-electron chi connectivity index (χ1n) is 5.73. The standard InChI is InChI=1S/C12H19ClN2O2/c1-14(6-12(7-16)8-17-9-12)5-11-3-10(13)4-15(11)2/h3-4,16H,5-9H2,1-2H3. The summed E-state index contributed by atoms with van der Waals surface area (Å²) in [5, 5.41) is 10.1. The lowest BCUT2D eigenvalue weighted by Crippen LogP contribution is -2.52. The minimum atomic E-state index is -0.0658. The lowest BCUT2D eigenvalue weighted by Gasteiger charge is -2.42. The van der Waals surface area contributed by atoms with Crippen molar-refractivity contribution < 1.29 is 9.84 Å². The first kappa shape index (κ1) is 12.9. The van der Waals surface area contributed by atoms with Gasteiger partial charge in [0.2, 0.25) is 0 Å². The van der Waals surface area contributed by atoms with E-state index in [1.54, 1.807) is 0 Å². The van der Waals surface area contributed by atoms with Crippen LogP contribution in [0.4, 0.5) is 0 Å². The lowest BCUT2D eigenvalue weighted by molar-refractivity contribution is -0.147. The molecule has 1 aliphatic heterocycles. The number of aromatic nitrogens is 1. The minimum absolute atomic E-state index is 0.0658. The molecule has 1 aromatic rings. The summed E-state index contributed by atoms with van der Waals surface area (Å²) in [6.45, 7) is 3.16. The van der Waals surface area contributed by atoms with Gasteiger partial charge in [0.05, 0.1) is 30.3 Å². The fraction of sp³-hybridized carbons (Fsp3) is 0.667. The second-order valence-electron chi connectivity index (χ2n) is 5.08. The molecule has 1 saturated heterocycles. The summed E-state index contributed by atoms with van der Waals surface area (Å²) in [7, 11) is 4.04. The fourth-order valence-electron chi connectivity index (χ4n) is 2.25. The lowest BCUT2D eigenvalue weighted by atomic mass is 9.86. The third-order valence-corrected chi connectivity index (χ3v) is 3.47. The van der Waals surface area contributed by atoms with E-state index in [0.717, 1.165) is 18.1 Å². The van der Waals surface area contributed by atoms with Gasteiger partial charge in [-0.15, -0.1) is 0 Å². The molecule has 0 unspecified atom stereocenters. The molecule has 1 aromatic heterocycles. The highest BCUT2D eigenvalue weighted by Gasteiger charge is 2.38. The number of aliphatic hydroxyl groups is 1. The first-order valence-corrected chi connectivity index (χ1v) is 6.10. The third kappa shape index (κ3) is 2.83. The summed E-state index contributed by atoms with van der Waals surface area (Å²) >= 11 is 5.95. The highest BCUT2D eigenvalue weighted by atomic mass is 35.5. The zero-order chi connectivity index (χ0) is 12.5. The molecule has 96 valence electrons. The Hall–Kier alpha value is -0.550. The van der Waals surface area contributed by atoms with Crippen LogP contribution in [0.3, 0.4) is 0 Å². The van der Waals surface area contributed by atoms with Crippen LogP contribution in [-0.2, 0) is 18.3 Å². The van der Waals surface area contributed by atoms with Gasteiger partial charge in [0.15, 0.2) is 0 Å². The third-order valence-electron chi connectivity index (χ3n) is 3.26. The van der Waals surface area contributed by atoms with E-state index in [2.05, 4.69) is 11.9 Å². The Kier molecular flexibility index (Phi) is 3.78. The van der Waals surface area contributed by atoms with Crippen LogP contribution in [0, 0.1) is 5.41 Å². The summed E-state index contributed by atoms with van der Waals surface area (Å²) in [6, 6.07) is 1.97. The van der Waals surface area contributed by atoms with Gasteiger partial charge in [-0.1, -0.05) is 11.6 Å². The Labute approximate surface area is 107 Å². The molecule has 0 radical (unpaired) electrons. The number of nitrogens with zero attached hydrogens (tertiary/aromatic N) is 2. The van der Waals surface area contributed by atoms with Gasteiger partial charge >= 0.3 is 0 Å². The number of hydrogen-bond acceptors (Lipinski definition) is 3. The second-order valence-corrected chi connectivity index (χ2v) is 5.52. The van der Waals surface area contributed by atoms with Crippen molar-refractivity contribution in [2.24, 2.45) is 12.5 Å². The normalized spacial score (nSPS) is 18.4. The minimum Gasteiger partial charge on any atom is -0.396 e. The number of halogens is 1. The molecule has 0 aromatic carbocycles. The van der Waals surface area contributed by atoms with Crippen LogP contribution < -0.4 is 0 Å². The molecule has 0 amide bonds. The summed E-state index contributed by atoms with van der Waals surface area (Å²) in [6.07, 6.45) is 1.90. The van der Waals surface area contributed by atoms with Gasteiger partial charge in [0.1, 0.15) is 0 Å². The molecule has 2 heterocycles. The maximum atomic E-state index is 9.38. The average Bonchev–Trinajstić information content (AvgIpc) is 2.51. The van der Waals surface area contributed by atoms with Crippen molar-refractivity contribution in [2.45, 2.75) is 6.54 Å². The van der Waals surface area contributed by atoms with Gasteiger partial charge in [-0.3, -0.25) is 4.90 Å². The van der Waals surface area contributed by atoms with Crippen molar-refractivity contribution in [2.75, 3.05) is 33.4 Å². The zero-order valence-electron chi connectivity index (χ0n) is 10.3. The Bertz CT molecular complexity index is 382. The van der Waals surface area contributed by atoms with Gasteiger partial charge < -0.3 is 14.4 Å². The van der Waals surface area contributed by atoms with Crippen molar-refractivity contribution in [3.05, 3.63) is 23.0 Å². The predicted octanol–water partition coefficient (Wildman–Crippen LogP) is 1.12. The highest BCUT2D eigenvalue weighted by molar-refractivity contribution is 6.30. The molecule has 1 aliphatic rings. The van der Waals surface area contributed by atoms with Gasteiger partial charge in [-0.05, 0) is 13.1 Å². The molecule has 0 bridgehead atoms. The van der Waals surface area contributed by atoms with Gasteiger partial charge in [0.25, 0.3) is 0 Å². The summed E-state index contributed by atoms with van der Waals surface area (Å²) in [5.74, 6) is 0. The molecule has 0 aliphatic carbocycles. The molecule has 5 heteroatoms. The van der Waals surface area contributed by atoms with Crippen LogP contribution >= 0.6 is 11.6 Å². The first-order chi connectivity index (χ1) is 8.04. The number of rotatable bonds is 5. The van der Waals surface area contributed by atoms with Crippen molar-refractivity contribution in [3.63, 3.8) is 0 Å². The summed E-state index contributed by atoms with van der Waals surface area (Å²) < 4.78 is 7.22. The monoisotopic (exact) mass is 258 g/mol. The van der Waals surface area contributed by atoms with E-state index >= 15 is 0 Å². The molecule has 0 spiro atoms. The zero-order valence-corrected chi connectivity index (χ0v) is 11.1. The fourth-order valence-corrected chi connectivity index (χ4v) is 2.52. The topological polar surface area (TPSA) is 37.6 Å². The van der Waals surface area contributed by atoms with Crippen molar-refractivity contribution >= 4 is 11.6 Å².